The Morgan fingerprint density at radius 2 is 1.75 bits per heavy atom. The molecule has 0 aliphatic rings. The summed E-state index contributed by atoms with van der Waals surface area (Å²) in [5, 5.41) is 16.5. The van der Waals surface area contributed by atoms with Crippen LogP contribution in [0.2, 0.25) is 6.32 Å². The predicted molar refractivity (Wildman–Crippen MR) is 71.1 cm³/mol. The van der Waals surface area contributed by atoms with E-state index in [-0.39, 0.29) is 0 Å². The van der Waals surface area contributed by atoms with Crippen LogP contribution in [0.25, 0.3) is 0 Å². The zero-order valence-corrected chi connectivity index (χ0v) is 10.9. The molecule has 0 bridgehead atoms. The first kappa shape index (κ1) is 18.3. The van der Waals surface area contributed by atoms with E-state index in [4.69, 9.17) is 21.5 Å². The first-order valence-electron chi connectivity index (χ1n) is 6.36. The molecule has 0 spiro atoms. The van der Waals surface area contributed by atoms with Crippen LogP contribution < -0.4 is 11.5 Å². The highest BCUT2D eigenvalue weighted by atomic mass is 16.4. The van der Waals surface area contributed by atoms with Gasteiger partial charge in [0.25, 0.3) is 0 Å². The fourth-order valence-corrected chi connectivity index (χ4v) is 1.17. The van der Waals surface area contributed by atoms with E-state index >= 15 is 0 Å². The molecule has 1 atom stereocenters. The molecule has 0 fully saturated rings. The van der Waals surface area contributed by atoms with Crippen LogP contribution in [0.1, 0.15) is 52.4 Å². The lowest BCUT2D eigenvalue weighted by atomic mass is 9.84. The largest absolute Gasteiger partial charge is 0.451 e. The maximum Gasteiger partial charge on any atom is 0.451 e. The van der Waals surface area contributed by atoms with Gasteiger partial charge in [0.1, 0.15) is 0 Å². The predicted octanol–water partition coefficient (Wildman–Crippen LogP) is 1.11. The zero-order chi connectivity index (χ0) is 12.8. The summed E-state index contributed by atoms with van der Waals surface area (Å²) < 4.78 is 0. The van der Waals surface area contributed by atoms with Crippen molar-refractivity contribution in [3.63, 3.8) is 0 Å². The van der Waals surface area contributed by atoms with Crippen LogP contribution >= 0.6 is 0 Å². The number of unbranched alkanes of at least 4 members (excludes halogenated alkanes) is 3. The van der Waals surface area contributed by atoms with Crippen molar-refractivity contribution in [1.82, 2.24) is 0 Å². The summed E-state index contributed by atoms with van der Waals surface area (Å²) in [5.41, 5.74) is 10.9. The second kappa shape index (κ2) is 14.9. The molecule has 0 heterocycles. The molecule has 16 heavy (non-hydrogen) atoms. The Bertz CT molecular complexity index is 125. The Morgan fingerprint density at radius 3 is 2.06 bits per heavy atom. The van der Waals surface area contributed by atoms with E-state index in [2.05, 4.69) is 0 Å². The van der Waals surface area contributed by atoms with Crippen LogP contribution in [0, 0.1) is 0 Å². The first-order valence-corrected chi connectivity index (χ1v) is 6.36. The highest BCUT2D eigenvalue weighted by molar-refractivity contribution is 6.40. The third-order valence-corrected chi connectivity index (χ3v) is 2.18. The van der Waals surface area contributed by atoms with E-state index in [1.165, 1.54) is 12.8 Å². The highest BCUT2D eigenvalue weighted by Gasteiger charge is 2.02. The third-order valence-electron chi connectivity index (χ3n) is 2.18. The summed E-state index contributed by atoms with van der Waals surface area (Å²) in [6.45, 7) is 4.88. The van der Waals surface area contributed by atoms with E-state index in [9.17, 15) is 0 Å². The smallest absolute Gasteiger partial charge is 0.427 e. The maximum absolute atomic E-state index is 8.24. The Hall–Kier alpha value is -0.0951. The molecule has 0 saturated carbocycles. The molecule has 0 aliphatic carbocycles. The summed E-state index contributed by atoms with van der Waals surface area (Å²) in [4.78, 5) is 0. The van der Waals surface area contributed by atoms with Gasteiger partial charge in [0.05, 0.1) is 0 Å². The Kier molecular flexibility index (Phi) is 17.0. The van der Waals surface area contributed by atoms with Crippen molar-refractivity contribution < 1.29 is 10.0 Å². The molecule has 5 heteroatoms. The van der Waals surface area contributed by atoms with Gasteiger partial charge in [-0.3, -0.25) is 0 Å². The normalized spacial score (nSPS) is 11.6. The molecule has 4 nitrogen and oxygen atoms in total. The monoisotopic (exact) mass is 232 g/mol. The molecule has 0 aliphatic heterocycles. The van der Waals surface area contributed by atoms with Crippen molar-refractivity contribution in [3.05, 3.63) is 0 Å². The van der Waals surface area contributed by atoms with Crippen molar-refractivity contribution in [2.24, 2.45) is 11.5 Å². The summed E-state index contributed by atoms with van der Waals surface area (Å²) >= 11 is 0. The van der Waals surface area contributed by atoms with E-state index in [0.717, 1.165) is 32.2 Å². The molecule has 0 unspecified atom stereocenters. The molecule has 0 radical (unpaired) electrons. The molecule has 0 aromatic heterocycles. The van der Waals surface area contributed by atoms with Gasteiger partial charge in [-0.15, -0.1) is 0 Å². The summed E-state index contributed by atoms with van der Waals surface area (Å²) in [6.07, 6.45) is 7.19. The van der Waals surface area contributed by atoms with E-state index in [1.54, 1.807) is 0 Å². The second-order valence-electron chi connectivity index (χ2n) is 4.24. The second-order valence-corrected chi connectivity index (χ2v) is 4.24. The minimum atomic E-state index is -1.10. The molecule has 0 rings (SSSR count). The lowest BCUT2D eigenvalue weighted by Gasteiger charge is -2.02. The van der Waals surface area contributed by atoms with E-state index < -0.39 is 7.12 Å². The van der Waals surface area contributed by atoms with Gasteiger partial charge >= 0.3 is 7.12 Å². The summed E-state index contributed by atoms with van der Waals surface area (Å²) in [6, 6.07) is 0.364. The average Bonchev–Trinajstić information content (AvgIpc) is 2.22. The van der Waals surface area contributed by atoms with Crippen molar-refractivity contribution in [3.8, 4) is 0 Å². The fraction of sp³-hybridized carbons (Fsp3) is 1.00. The summed E-state index contributed by atoms with van der Waals surface area (Å²) in [7, 11) is -1.10. The molecule has 0 aromatic rings. The van der Waals surface area contributed by atoms with E-state index in [1.807, 2.05) is 13.8 Å². The molecule has 0 saturated heterocycles. The van der Waals surface area contributed by atoms with Crippen molar-refractivity contribution in [2.75, 3.05) is 6.54 Å². The maximum atomic E-state index is 8.24. The van der Waals surface area contributed by atoms with Crippen LogP contribution in [0.5, 0.6) is 0 Å². The van der Waals surface area contributed by atoms with Crippen LogP contribution in [0.4, 0.5) is 0 Å². The number of hydrogen-bond donors (Lipinski definition) is 4. The molecular weight excluding hydrogens is 203 g/mol. The lowest BCUT2D eigenvalue weighted by molar-refractivity contribution is 0.403. The molecule has 98 valence electrons. The lowest BCUT2D eigenvalue weighted by Crippen LogP contribution is -2.14. The molecule has 6 N–H and O–H groups in total. The number of nitrogens with two attached hydrogens (primary N) is 2. The molecule has 0 amide bonds. The summed E-state index contributed by atoms with van der Waals surface area (Å²) in [5.74, 6) is 0. The van der Waals surface area contributed by atoms with Crippen LogP contribution in [0.3, 0.4) is 0 Å². The fourth-order valence-electron chi connectivity index (χ4n) is 1.17. The minimum absolute atomic E-state index is 0.364. The SMILES string of the molecule is CCCCB(O)O.C[C@H](N)CCCCCN. The Balaban J connectivity index is 0. The van der Waals surface area contributed by atoms with Gasteiger partial charge in [0.15, 0.2) is 0 Å². The molecular formula is C11H29BN2O2. The molecule has 0 aromatic carbocycles. The first-order chi connectivity index (χ1) is 7.54. The average molecular weight is 232 g/mol. The number of hydrogen-bond acceptors (Lipinski definition) is 4. The van der Waals surface area contributed by atoms with Gasteiger partial charge in [0, 0.05) is 6.04 Å². The Morgan fingerprint density at radius 1 is 1.12 bits per heavy atom. The van der Waals surface area contributed by atoms with Crippen molar-refractivity contribution in [1.29, 1.82) is 0 Å². The highest BCUT2D eigenvalue weighted by Crippen LogP contribution is 1.99. The Labute approximate surface area is 101 Å². The quantitative estimate of drug-likeness (QED) is 0.372. The standard InChI is InChI=1S/C7H18N2.C4H11BO2/c1-7(9)5-3-2-4-6-8;1-2-3-4-5(6)7/h7H,2-6,8-9H2,1H3;6-7H,2-4H2,1H3/t7-;/m0./s1. The van der Waals surface area contributed by atoms with Crippen LogP contribution in [-0.4, -0.2) is 29.8 Å². The minimum Gasteiger partial charge on any atom is -0.427 e. The topological polar surface area (TPSA) is 92.5 Å². The van der Waals surface area contributed by atoms with Gasteiger partial charge in [0.2, 0.25) is 0 Å². The third kappa shape index (κ3) is 23.6. The van der Waals surface area contributed by atoms with Crippen molar-refractivity contribution >= 4 is 7.12 Å². The van der Waals surface area contributed by atoms with Gasteiger partial charge in [-0.05, 0) is 32.6 Å². The van der Waals surface area contributed by atoms with Gasteiger partial charge in [-0.25, -0.2) is 0 Å². The van der Waals surface area contributed by atoms with Gasteiger partial charge in [-0.2, -0.15) is 0 Å². The van der Waals surface area contributed by atoms with E-state index in [0.29, 0.717) is 12.4 Å². The van der Waals surface area contributed by atoms with Gasteiger partial charge < -0.3 is 21.5 Å². The van der Waals surface area contributed by atoms with Crippen LogP contribution in [0.15, 0.2) is 0 Å². The zero-order valence-electron chi connectivity index (χ0n) is 10.9. The van der Waals surface area contributed by atoms with Gasteiger partial charge in [-0.1, -0.05) is 32.6 Å². The van der Waals surface area contributed by atoms with Crippen molar-refractivity contribution in [2.45, 2.75) is 64.7 Å². The van der Waals surface area contributed by atoms with Crippen LogP contribution in [-0.2, 0) is 0 Å². The number of rotatable bonds is 8.